The van der Waals surface area contributed by atoms with Gasteiger partial charge in [-0.3, -0.25) is 19.8 Å². The Labute approximate surface area is 189 Å². The van der Waals surface area contributed by atoms with E-state index in [4.69, 9.17) is 28.6 Å². The van der Waals surface area contributed by atoms with Gasteiger partial charge in [-0.15, -0.1) is 0 Å². The summed E-state index contributed by atoms with van der Waals surface area (Å²) in [6, 6.07) is 17.9. The first-order valence-corrected chi connectivity index (χ1v) is 10.3. The van der Waals surface area contributed by atoms with Crippen molar-refractivity contribution in [1.29, 1.82) is 0 Å². The van der Waals surface area contributed by atoms with E-state index in [2.05, 4.69) is 5.32 Å². The summed E-state index contributed by atoms with van der Waals surface area (Å²) in [5, 5.41) is 3.24. The van der Waals surface area contributed by atoms with E-state index in [0.717, 1.165) is 5.69 Å². The van der Waals surface area contributed by atoms with Crippen LogP contribution < -0.4 is 15.0 Å². The highest BCUT2D eigenvalue weighted by atomic mass is 35.5. The van der Waals surface area contributed by atoms with Crippen molar-refractivity contribution in [1.82, 2.24) is 9.88 Å². The van der Waals surface area contributed by atoms with Gasteiger partial charge in [-0.05, 0) is 73.7 Å². The second-order valence-corrected chi connectivity index (χ2v) is 7.49. The molecule has 0 aliphatic carbocycles. The fourth-order valence-corrected chi connectivity index (χ4v) is 3.67. The first kappa shape index (κ1) is 20.8. The number of nitrogens with one attached hydrogen (secondary N) is 1. The number of nitrogens with zero attached hydrogens (tertiary/aromatic N) is 2. The molecule has 6 nitrogen and oxygen atoms in total. The first-order chi connectivity index (χ1) is 15.0. The SMILES string of the molecule is CCOc1cccc(N2C(=O)/C(=C/c3cccn3-c3ccc(Cl)cc3)C(=O)NC2=S)c1. The van der Waals surface area contributed by atoms with Gasteiger partial charge in [0.2, 0.25) is 0 Å². The fourth-order valence-electron chi connectivity index (χ4n) is 3.27. The second kappa shape index (κ2) is 8.75. The maximum absolute atomic E-state index is 13.3. The van der Waals surface area contributed by atoms with Gasteiger partial charge < -0.3 is 9.30 Å². The van der Waals surface area contributed by atoms with Crippen LogP contribution in [0.1, 0.15) is 12.6 Å². The number of amides is 2. The molecule has 2 aromatic carbocycles. The predicted octanol–water partition coefficient (Wildman–Crippen LogP) is 4.36. The largest absolute Gasteiger partial charge is 0.494 e. The van der Waals surface area contributed by atoms with Gasteiger partial charge in [-0.2, -0.15) is 0 Å². The Kier molecular flexibility index (Phi) is 5.88. The Balaban J connectivity index is 1.72. The molecule has 3 aromatic rings. The molecule has 1 fully saturated rings. The summed E-state index contributed by atoms with van der Waals surface area (Å²) in [5.41, 5.74) is 2.00. The van der Waals surface area contributed by atoms with E-state index in [9.17, 15) is 9.59 Å². The van der Waals surface area contributed by atoms with E-state index in [0.29, 0.717) is 28.8 Å². The average Bonchev–Trinajstić information content (AvgIpc) is 3.20. The van der Waals surface area contributed by atoms with Gasteiger partial charge >= 0.3 is 0 Å². The molecule has 0 saturated carbocycles. The van der Waals surface area contributed by atoms with Crippen molar-refractivity contribution in [3.63, 3.8) is 0 Å². The van der Waals surface area contributed by atoms with Crippen molar-refractivity contribution < 1.29 is 14.3 Å². The van der Waals surface area contributed by atoms with E-state index in [1.807, 2.05) is 42.0 Å². The zero-order valence-corrected chi connectivity index (χ0v) is 18.1. The molecule has 1 aliphatic rings. The Morgan fingerprint density at radius 3 is 2.58 bits per heavy atom. The number of carbonyl (C=O) groups is 2. The summed E-state index contributed by atoms with van der Waals surface area (Å²) >= 11 is 11.3. The van der Waals surface area contributed by atoms with Gasteiger partial charge in [-0.25, -0.2) is 0 Å². The number of halogens is 1. The third kappa shape index (κ3) is 4.23. The Hall–Kier alpha value is -3.42. The fraction of sp³-hybridized carbons (Fsp3) is 0.0870. The van der Waals surface area contributed by atoms with Crippen LogP contribution in [0.3, 0.4) is 0 Å². The third-order valence-electron chi connectivity index (χ3n) is 4.67. The molecular weight excluding hydrogens is 434 g/mol. The number of anilines is 1. The van der Waals surface area contributed by atoms with E-state index in [-0.39, 0.29) is 10.7 Å². The standard InChI is InChI=1S/C23H18ClN3O3S/c1-2-30-19-7-3-5-18(13-19)27-22(29)20(21(28)25-23(27)31)14-17-6-4-12-26(17)16-10-8-15(24)9-11-16/h3-14H,2H2,1H3,(H,25,28,31)/b20-14+. The number of rotatable bonds is 5. The maximum atomic E-state index is 13.3. The Bertz CT molecular complexity index is 1200. The topological polar surface area (TPSA) is 63.6 Å². The molecule has 0 unspecified atom stereocenters. The van der Waals surface area contributed by atoms with Gasteiger partial charge in [0, 0.05) is 28.7 Å². The number of hydrogen-bond acceptors (Lipinski definition) is 4. The summed E-state index contributed by atoms with van der Waals surface area (Å²) in [5.74, 6) is -0.447. The van der Waals surface area contributed by atoms with Crippen molar-refractivity contribution in [2.45, 2.75) is 6.92 Å². The zero-order valence-electron chi connectivity index (χ0n) is 16.5. The minimum atomic E-state index is -0.545. The lowest BCUT2D eigenvalue weighted by atomic mass is 10.1. The summed E-state index contributed by atoms with van der Waals surface area (Å²) < 4.78 is 7.38. The van der Waals surface area contributed by atoms with Crippen molar-refractivity contribution in [3.05, 3.63) is 83.2 Å². The summed E-state index contributed by atoms with van der Waals surface area (Å²) in [4.78, 5) is 27.2. The summed E-state index contributed by atoms with van der Waals surface area (Å²) in [6.07, 6.45) is 3.39. The Morgan fingerprint density at radius 2 is 1.84 bits per heavy atom. The minimum Gasteiger partial charge on any atom is -0.494 e. The number of aromatic nitrogens is 1. The molecule has 0 spiro atoms. The molecule has 0 bridgehead atoms. The van der Waals surface area contributed by atoms with Crippen LogP contribution in [0.5, 0.6) is 5.75 Å². The highest BCUT2D eigenvalue weighted by Gasteiger charge is 2.34. The molecule has 0 atom stereocenters. The highest BCUT2D eigenvalue weighted by molar-refractivity contribution is 7.80. The number of thiocarbonyl (C=S) groups is 1. The van der Waals surface area contributed by atoms with Gasteiger partial charge in [0.05, 0.1) is 12.3 Å². The smallest absolute Gasteiger partial charge is 0.270 e. The number of carbonyl (C=O) groups excluding carboxylic acids is 2. The molecule has 8 heteroatoms. The van der Waals surface area contributed by atoms with Gasteiger partial charge in [0.25, 0.3) is 11.8 Å². The van der Waals surface area contributed by atoms with Crippen LogP contribution in [0.4, 0.5) is 5.69 Å². The van der Waals surface area contributed by atoms with Crippen molar-refractivity contribution in [2.24, 2.45) is 0 Å². The number of ether oxygens (including phenoxy) is 1. The molecule has 4 rings (SSSR count). The monoisotopic (exact) mass is 451 g/mol. The summed E-state index contributed by atoms with van der Waals surface area (Å²) in [7, 11) is 0. The van der Waals surface area contributed by atoms with Crippen LogP contribution in [0, 0.1) is 0 Å². The molecule has 1 aliphatic heterocycles. The van der Waals surface area contributed by atoms with Crippen LogP contribution in [-0.2, 0) is 9.59 Å². The van der Waals surface area contributed by atoms with Crippen LogP contribution >= 0.6 is 23.8 Å². The highest BCUT2D eigenvalue weighted by Crippen LogP contribution is 2.26. The molecular formula is C23H18ClN3O3S. The van der Waals surface area contributed by atoms with Gasteiger partial charge in [0.15, 0.2) is 5.11 Å². The van der Waals surface area contributed by atoms with Crippen molar-refractivity contribution >= 4 is 52.5 Å². The lowest BCUT2D eigenvalue weighted by molar-refractivity contribution is -0.122. The molecule has 156 valence electrons. The van der Waals surface area contributed by atoms with Crippen molar-refractivity contribution in [2.75, 3.05) is 11.5 Å². The van der Waals surface area contributed by atoms with E-state index in [1.165, 1.54) is 4.90 Å². The van der Waals surface area contributed by atoms with E-state index < -0.39 is 11.8 Å². The minimum absolute atomic E-state index is 0.0221. The van der Waals surface area contributed by atoms with E-state index >= 15 is 0 Å². The molecule has 0 radical (unpaired) electrons. The molecule has 1 saturated heterocycles. The maximum Gasteiger partial charge on any atom is 0.270 e. The molecule has 1 N–H and O–H groups in total. The lowest BCUT2D eigenvalue weighted by Gasteiger charge is -2.29. The number of benzene rings is 2. The van der Waals surface area contributed by atoms with Gasteiger partial charge in [-0.1, -0.05) is 17.7 Å². The first-order valence-electron chi connectivity index (χ1n) is 9.55. The molecule has 31 heavy (non-hydrogen) atoms. The molecule has 1 aromatic heterocycles. The zero-order chi connectivity index (χ0) is 22.0. The van der Waals surface area contributed by atoms with Gasteiger partial charge in [0.1, 0.15) is 11.3 Å². The van der Waals surface area contributed by atoms with Crippen molar-refractivity contribution in [3.8, 4) is 11.4 Å². The van der Waals surface area contributed by atoms with Crippen LogP contribution in [0.25, 0.3) is 11.8 Å². The molecule has 2 heterocycles. The lowest BCUT2D eigenvalue weighted by Crippen LogP contribution is -2.54. The van der Waals surface area contributed by atoms with Crippen LogP contribution in [0.2, 0.25) is 5.02 Å². The predicted molar refractivity (Wildman–Crippen MR) is 125 cm³/mol. The average molecular weight is 452 g/mol. The normalized spacial score (nSPS) is 15.4. The van der Waals surface area contributed by atoms with Crippen LogP contribution in [-0.4, -0.2) is 28.1 Å². The summed E-state index contributed by atoms with van der Waals surface area (Å²) in [6.45, 7) is 2.37. The van der Waals surface area contributed by atoms with E-state index in [1.54, 1.807) is 42.5 Å². The van der Waals surface area contributed by atoms with Crippen LogP contribution in [0.15, 0.2) is 72.4 Å². The quantitative estimate of drug-likeness (QED) is 0.355. The molecule has 2 amide bonds. The Morgan fingerprint density at radius 1 is 1.06 bits per heavy atom. The third-order valence-corrected chi connectivity index (χ3v) is 5.20. The number of hydrogen-bond donors (Lipinski definition) is 1. The second-order valence-electron chi connectivity index (χ2n) is 6.67.